The molecule has 1 aliphatic rings. The second-order valence-electron chi connectivity index (χ2n) is 10.7. The Morgan fingerprint density at radius 2 is 0.932 bits per heavy atom. The maximum Gasteiger partial charge on any atom is 0.186 e. The Bertz CT molecular complexity index is 1310. The molecule has 0 saturated carbocycles. The minimum absolute atomic E-state index is 0.309. The van der Waals surface area contributed by atoms with Gasteiger partial charge in [0.15, 0.2) is 6.29 Å². The van der Waals surface area contributed by atoms with E-state index in [1.54, 1.807) is 0 Å². The Morgan fingerprint density at radius 3 is 1.41 bits per heavy atom. The summed E-state index contributed by atoms with van der Waals surface area (Å²) in [6.07, 6.45) is -1.79. The first-order valence-electron chi connectivity index (χ1n) is 15.2. The highest BCUT2D eigenvalue weighted by molar-refractivity contribution is 9.09. The van der Waals surface area contributed by atoms with Gasteiger partial charge in [-0.15, -0.1) is 0 Å². The third-order valence-electron chi connectivity index (χ3n) is 7.40. The Kier molecular flexibility index (Phi) is 13.4. The van der Waals surface area contributed by atoms with Crippen LogP contribution in [-0.4, -0.2) is 49.2 Å². The van der Waals surface area contributed by atoms with E-state index in [-0.39, 0.29) is 0 Å². The zero-order chi connectivity index (χ0) is 30.2. The molecule has 0 radical (unpaired) electrons. The predicted molar refractivity (Wildman–Crippen MR) is 174 cm³/mol. The van der Waals surface area contributed by atoms with Gasteiger partial charge in [-0.1, -0.05) is 137 Å². The first kappa shape index (κ1) is 32.5. The largest absolute Gasteiger partial charge is 0.374 e. The Morgan fingerprint density at radius 1 is 0.500 bits per heavy atom. The normalized spacial score (nSPS) is 21.7. The van der Waals surface area contributed by atoms with E-state index >= 15 is 0 Å². The van der Waals surface area contributed by atoms with Crippen LogP contribution in [0.3, 0.4) is 0 Å². The molecule has 6 nitrogen and oxygen atoms in total. The Hall–Kier alpha value is -2.88. The van der Waals surface area contributed by atoms with E-state index in [2.05, 4.69) is 52.3 Å². The third-order valence-corrected chi connectivity index (χ3v) is 7.96. The number of ether oxygens (including phenoxy) is 6. The van der Waals surface area contributed by atoms with Crippen molar-refractivity contribution in [1.82, 2.24) is 0 Å². The predicted octanol–water partition coefficient (Wildman–Crippen LogP) is 7.49. The van der Waals surface area contributed by atoms with Gasteiger partial charge in [-0.3, -0.25) is 0 Å². The molecule has 4 aromatic carbocycles. The molecule has 1 heterocycles. The van der Waals surface area contributed by atoms with Crippen molar-refractivity contribution in [3.05, 3.63) is 144 Å². The molecule has 1 aliphatic heterocycles. The van der Waals surface area contributed by atoms with E-state index in [0.29, 0.717) is 39.6 Å². The van der Waals surface area contributed by atoms with Crippen molar-refractivity contribution >= 4 is 15.9 Å². The highest BCUT2D eigenvalue weighted by Crippen LogP contribution is 2.31. The molecule has 5 atom stereocenters. The molecular formula is C37H41BrO6. The van der Waals surface area contributed by atoms with Crippen LogP contribution in [0.4, 0.5) is 0 Å². The van der Waals surface area contributed by atoms with Crippen LogP contribution in [0, 0.1) is 0 Å². The zero-order valence-electron chi connectivity index (χ0n) is 24.9. The SMILES string of the molecule is BrCCCOC1OC(COCc2ccccc2)C(OCc2ccccc2)C(OCc2ccccc2)C1OCc1ccccc1. The molecule has 0 spiro atoms. The van der Waals surface area contributed by atoms with E-state index in [0.717, 1.165) is 34.0 Å². The summed E-state index contributed by atoms with van der Waals surface area (Å²) in [5.41, 5.74) is 4.28. The number of rotatable bonds is 17. The van der Waals surface area contributed by atoms with Gasteiger partial charge in [0.05, 0.1) is 39.6 Å². The summed E-state index contributed by atoms with van der Waals surface area (Å²) < 4.78 is 39.2. The number of hydrogen-bond acceptors (Lipinski definition) is 6. The second kappa shape index (κ2) is 18.2. The number of hydrogen-bond donors (Lipinski definition) is 0. The summed E-state index contributed by atoms with van der Waals surface area (Å²) in [7, 11) is 0. The minimum Gasteiger partial charge on any atom is -0.374 e. The van der Waals surface area contributed by atoms with Gasteiger partial charge in [-0.05, 0) is 28.7 Å². The zero-order valence-corrected chi connectivity index (χ0v) is 26.5. The summed E-state index contributed by atoms with van der Waals surface area (Å²) in [6, 6.07) is 40.5. The molecule has 232 valence electrons. The van der Waals surface area contributed by atoms with Crippen LogP contribution >= 0.6 is 15.9 Å². The van der Waals surface area contributed by atoms with Crippen LogP contribution in [0.5, 0.6) is 0 Å². The molecular weight excluding hydrogens is 620 g/mol. The minimum atomic E-state index is -0.666. The van der Waals surface area contributed by atoms with E-state index in [9.17, 15) is 0 Å². The number of halogens is 1. The van der Waals surface area contributed by atoms with Crippen molar-refractivity contribution in [3.8, 4) is 0 Å². The lowest BCUT2D eigenvalue weighted by atomic mass is 9.97. The van der Waals surface area contributed by atoms with Gasteiger partial charge in [-0.25, -0.2) is 0 Å². The Labute approximate surface area is 269 Å². The maximum absolute atomic E-state index is 6.73. The highest BCUT2D eigenvalue weighted by Gasteiger charge is 2.49. The van der Waals surface area contributed by atoms with Gasteiger partial charge in [-0.2, -0.15) is 0 Å². The average molecular weight is 662 g/mol. The van der Waals surface area contributed by atoms with Crippen molar-refractivity contribution in [3.63, 3.8) is 0 Å². The molecule has 0 N–H and O–H groups in total. The summed E-state index contributed by atoms with van der Waals surface area (Å²) in [4.78, 5) is 0. The third kappa shape index (κ3) is 10.1. The molecule has 0 aromatic heterocycles. The van der Waals surface area contributed by atoms with Gasteiger partial charge in [0.25, 0.3) is 0 Å². The van der Waals surface area contributed by atoms with Crippen molar-refractivity contribution < 1.29 is 28.4 Å². The second-order valence-corrected chi connectivity index (χ2v) is 11.5. The Balaban J connectivity index is 1.41. The van der Waals surface area contributed by atoms with Gasteiger partial charge in [0.1, 0.15) is 24.4 Å². The van der Waals surface area contributed by atoms with E-state index in [1.165, 1.54) is 0 Å². The quantitative estimate of drug-likeness (QED) is 0.0864. The molecule has 1 saturated heterocycles. The molecule has 5 unspecified atom stereocenters. The van der Waals surface area contributed by atoms with E-state index in [1.807, 2.05) is 84.9 Å². The van der Waals surface area contributed by atoms with Crippen LogP contribution in [0.15, 0.2) is 121 Å². The molecule has 0 aliphatic carbocycles. The van der Waals surface area contributed by atoms with Crippen LogP contribution in [0.25, 0.3) is 0 Å². The summed E-state index contributed by atoms with van der Waals surface area (Å²) in [5.74, 6) is 0. The topological polar surface area (TPSA) is 55.4 Å². The monoisotopic (exact) mass is 660 g/mol. The maximum atomic E-state index is 6.73. The van der Waals surface area contributed by atoms with Gasteiger partial charge in [0.2, 0.25) is 0 Å². The van der Waals surface area contributed by atoms with Crippen LogP contribution < -0.4 is 0 Å². The highest BCUT2D eigenvalue weighted by atomic mass is 79.9. The molecule has 5 rings (SSSR count). The van der Waals surface area contributed by atoms with Gasteiger partial charge in [0, 0.05) is 5.33 Å². The number of benzene rings is 4. The summed E-state index contributed by atoms with van der Waals surface area (Å²) in [6.45, 7) is 2.47. The van der Waals surface area contributed by atoms with Crippen LogP contribution in [0.2, 0.25) is 0 Å². The van der Waals surface area contributed by atoms with E-state index < -0.39 is 30.7 Å². The fourth-order valence-electron chi connectivity index (χ4n) is 5.14. The molecule has 0 bridgehead atoms. The van der Waals surface area contributed by atoms with Crippen molar-refractivity contribution in [2.75, 3.05) is 18.5 Å². The number of alkyl halides is 1. The van der Waals surface area contributed by atoms with Crippen molar-refractivity contribution in [1.29, 1.82) is 0 Å². The fourth-order valence-corrected chi connectivity index (χ4v) is 5.36. The van der Waals surface area contributed by atoms with E-state index in [4.69, 9.17) is 28.4 Å². The van der Waals surface area contributed by atoms with Crippen LogP contribution in [0.1, 0.15) is 28.7 Å². The smallest absolute Gasteiger partial charge is 0.186 e. The summed E-state index contributed by atoms with van der Waals surface area (Å²) >= 11 is 3.52. The standard InChI is InChI=1S/C37H41BrO6/c38-22-13-23-40-37-36(43-27-32-20-11-4-12-21-32)35(42-26-31-18-9-3-10-19-31)34(41-25-30-16-7-2-8-17-30)33(44-37)28-39-24-29-14-5-1-6-15-29/h1-12,14-21,33-37H,13,22-28H2. The lowest BCUT2D eigenvalue weighted by Gasteiger charge is -2.46. The molecule has 0 amide bonds. The van der Waals surface area contributed by atoms with Gasteiger partial charge >= 0.3 is 0 Å². The van der Waals surface area contributed by atoms with Crippen molar-refractivity contribution in [2.24, 2.45) is 0 Å². The fraction of sp³-hybridized carbons (Fsp3) is 0.351. The van der Waals surface area contributed by atoms with Crippen LogP contribution in [-0.2, 0) is 54.8 Å². The molecule has 1 fully saturated rings. The average Bonchev–Trinajstić information content (AvgIpc) is 3.08. The molecule has 4 aromatic rings. The van der Waals surface area contributed by atoms with Gasteiger partial charge < -0.3 is 28.4 Å². The molecule has 7 heteroatoms. The lowest BCUT2D eigenvalue weighted by Crippen LogP contribution is -2.61. The first-order valence-corrected chi connectivity index (χ1v) is 16.3. The van der Waals surface area contributed by atoms with Crippen molar-refractivity contribution in [2.45, 2.75) is 63.6 Å². The first-order chi connectivity index (χ1) is 21.8. The summed E-state index contributed by atoms with van der Waals surface area (Å²) in [5, 5.41) is 0.829. The lowest BCUT2D eigenvalue weighted by molar-refractivity contribution is -0.328. The molecule has 44 heavy (non-hydrogen) atoms.